The maximum Gasteiger partial charge on any atom is 0.257 e. The second kappa shape index (κ2) is 12.2. The van der Waals surface area contributed by atoms with Crippen molar-refractivity contribution in [1.82, 2.24) is 15.1 Å². The van der Waals surface area contributed by atoms with Gasteiger partial charge in [-0.15, -0.1) is 0 Å². The Morgan fingerprint density at radius 3 is 2.71 bits per heavy atom. The molecule has 0 unspecified atom stereocenters. The number of methoxy groups -OCH3 is 1. The number of ether oxygens (including phenoxy) is 3. The molecule has 1 fully saturated rings. The molecule has 0 aromatic heterocycles. The number of hydrogen-bond donors (Lipinski definition) is 3. The van der Waals surface area contributed by atoms with Crippen LogP contribution in [0.25, 0.3) is 0 Å². The molecule has 3 aliphatic rings. The standard InChI is InChI=1S/C27H34N6O5/c1-36-24-22(38-16-2-11-32-13-17-37-18-14-32)8-7-21-23(24)30-27(33-12-9-29-25(21)33)31-26(35)19-3-5-20(6-4-19)28-10-15-34/h3-8,28,34H,2,9-18H2,1H3,(H,30,31,35). The minimum absolute atomic E-state index is 0.0356. The van der Waals surface area contributed by atoms with Crippen molar-refractivity contribution in [2.75, 3.05) is 78.1 Å². The molecule has 0 spiro atoms. The van der Waals surface area contributed by atoms with Gasteiger partial charge in [-0.25, -0.2) is 4.99 Å². The molecular formula is C27H34N6O5. The Kier molecular flexibility index (Phi) is 8.37. The highest BCUT2D eigenvalue weighted by Gasteiger charge is 2.33. The van der Waals surface area contributed by atoms with E-state index in [4.69, 9.17) is 24.3 Å². The molecule has 0 bridgehead atoms. The van der Waals surface area contributed by atoms with Gasteiger partial charge in [-0.05, 0) is 42.8 Å². The lowest BCUT2D eigenvalue weighted by Crippen LogP contribution is -2.47. The summed E-state index contributed by atoms with van der Waals surface area (Å²) in [4.78, 5) is 26.9. The smallest absolute Gasteiger partial charge is 0.257 e. The average Bonchev–Trinajstić information content (AvgIpc) is 3.45. The lowest BCUT2D eigenvalue weighted by Gasteiger charge is -2.29. The molecule has 3 heterocycles. The fraction of sp³-hybridized carbons (Fsp3) is 0.444. The van der Waals surface area contributed by atoms with Gasteiger partial charge in [-0.3, -0.25) is 24.9 Å². The molecule has 1 amide bonds. The topological polar surface area (TPSA) is 120 Å². The lowest BCUT2D eigenvalue weighted by atomic mass is 10.1. The molecular weight excluding hydrogens is 488 g/mol. The number of aliphatic hydroxyl groups excluding tert-OH is 1. The van der Waals surface area contributed by atoms with Gasteiger partial charge in [-0.2, -0.15) is 0 Å². The lowest BCUT2D eigenvalue weighted by molar-refractivity contribution is 0.0357. The van der Waals surface area contributed by atoms with Gasteiger partial charge in [0, 0.05) is 49.5 Å². The first-order valence-electron chi connectivity index (χ1n) is 13.0. The number of rotatable bonds is 10. The Bertz CT molecular complexity index is 1190. The zero-order valence-electron chi connectivity index (χ0n) is 21.6. The van der Waals surface area contributed by atoms with E-state index in [-0.39, 0.29) is 12.5 Å². The van der Waals surface area contributed by atoms with Crippen LogP contribution in [0.1, 0.15) is 22.3 Å². The predicted octanol–water partition coefficient (Wildman–Crippen LogP) is 1.69. The molecule has 2 aromatic carbocycles. The zero-order chi connectivity index (χ0) is 26.3. The minimum Gasteiger partial charge on any atom is -0.491 e. The van der Waals surface area contributed by atoms with Gasteiger partial charge in [0.2, 0.25) is 5.96 Å². The number of nitrogens with zero attached hydrogens (tertiary/aromatic N) is 4. The van der Waals surface area contributed by atoms with E-state index in [2.05, 4.69) is 20.5 Å². The van der Waals surface area contributed by atoms with Crippen LogP contribution in [0.2, 0.25) is 0 Å². The first kappa shape index (κ1) is 26.0. The van der Waals surface area contributed by atoms with Gasteiger partial charge < -0.3 is 24.6 Å². The molecule has 0 aliphatic carbocycles. The number of anilines is 1. The largest absolute Gasteiger partial charge is 0.491 e. The number of morpholine rings is 1. The van der Waals surface area contributed by atoms with E-state index >= 15 is 0 Å². The Morgan fingerprint density at radius 2 is 1.95 bits per heavy atom. The minimum atomic E-state index is -0.276. The number of aliphatic imine (C=N–C) groups is 2. The molecule has 3 aliphatic heterocycles. The summed E-state index contributed by atoms with van der Waals surface area (Å²) in [5.74, 6) is 2.02. The first-order chi connectivity index (χ1) is 18.7. The second-order valence-corrected chi connectivity index (χ2v) is 9.12. The van der Waals surface area contributed by atoms with E-state index in [0.29, 0.717) is 55.0 Å². The summed E-state index contributed by atoms with van der Waals surface area (Å²) in [5.41, 5.74) is 2.76. The van der Waals surface area contributed by atoms with E-state index in [1.54, 1.807) is 31.4 Å². The number of carbonyl (C=O) groups excluding carboxylic acids is 1. The van der Waals surface area contributed by atoms with Crippen LogP contribution >= 0.6 is 0 Å². The van der Waals surface area contributed by atoms with Crippen molar-refractivity contribution in [3.8, 4) is 11.5 Å². The van der Waals surface area contributed by atoms with E-state index in [1.165, 1.54) is 0 Å². The van der Waals surface area contributed by atoms with Crippen molar-refractivity contribution in [2.24, 2.45) is 9.98 Å². The van der Waals surface area contributed by atoms with Gasteiger partial charge in [0.1, 0.15) is 11.5 Å². The monoisotopic (exact) mass is 522 g/mol. The van der Waals surface area contributed by atoms with Crippen molar-refractivity contribution in [1.29, 1.82) is 0 Å². The average molecular weight is 523 g/mol. The van der Waals surface area contributed by atoms with Gasteiger partial charge in [0.15, 0.2) is 11.5 Å². The number of benzene rings is 2. The van der Waals surface area contributed by atoms with Crippen LogP contribution in [0.3, 0.4) is 0 Å². The SMILES string of the molecule is COc1c(OCCCN2CCOCC2)ccc2c1N=C(NC(=O)c1ccc(NCCO)cc1)N1CCN=C21. The molecule has 38 heavy (non-hydrogen) atoms. The van der Waals surface area contributed by atoms with Crippen LogP contribution in [-0.4, -0.2) is 105 Å². The Morgan fingerprint density at radius 1 is 1.13 bits per heavy atom. The maximum atomic E-state index is 13.1. The third-order valence-corrected chi connectivity index (χ3v) is 6.65. The number of nitrogens with one attached hydrogen (secondary N) is 2. The molecule has 202 valence electrons. The van der Waals surface area contributed by atoms with Crippen molar-refractivity contribution < 1.29 is 24.1 Å². The second-order valence-electron chi connectivity index (χ2n) is 9.12. The molecule has 5 rings (SSSR count). The fourth-order valence-corrected chi connectivity index (χ4v) is 4.71. The predicted molar refractivity (Wildman–Crippen MR) is 145 cm³/mol. The highest BCUT2D eigenvalue weighted by molar-refractivity contribution is 6.20. The van der Waals surface area contributed by atoms with Crippen LogP contribution in [0, 0.1) is 0 Å². The van der Waals surface area contributed by atoms with Gasteiger partial charge in [0.05, 0.1) is 40.1 Å². The maximum absolute atomic E-state index is 13.1. The quantitative estimate of drug-likeness (QED) is 0.404. The van der Waals surface area contributed by atoms with Crippen molar-refractivity contribution in [3.63, 3.8) is 0 Å². The summed E-state index contributed by atoms with van der Waals surface area (Å²) >= 11 is 0. The third kappa shape index (κ3) is 5.74. The van der Waals surface area contributed by atoms with Crippen molar-refractivity contribution in [3.05, 3.63) is 47.5 Å². The van der Waals surface area contributed by atoms with Crippen molar-refractivity contribution in [2.45, 2.75) is 6.42 Å². The number of carbonyl (C=O) groups is 1. The van der Waals surface area contributed by atoms with Gasteiger partial charge in [-0.1, -0.05) is 0 Å². The molecule has 3 N–H and O–H groups in total. The zero-order valence-corrected chi connectivity index (χ0v) is 21.6. The number of amidine groups is 1. The normalized spacial score (nSPS) is 16.7. The van der Waals surface area contributed by atoms with Crippen LogP contribution in [0.15, 0.2) is 46.4 Å². The summed E-state index contributed by atoms with van der Waals surface area (Å²) in [6, 6.07) is 10.9. The number of aliphatic hydroxyl groups is 1. The van der Waals surface area contributed by atoms with Crippen LogP contribution < -0.4 is 20.1 Å². The van der Waals surface area contributed by atoms with Gasteiger partial charge >= 0.3 is 0 Å². The van der Waals surface area contributed by atoms with Crippen LogP contribution in [0.4, 0.5) is 11.4 Å². The Balaban J connectivity index is 1.31. The van der Waals surface area contributed by atoms with Crippen molar-refractivity contribution >= 4 is 29.1 Å². The van der Waals surface area contributed by atoms with Crippen LogP contribution in [-0.2, 0) is 4.74 Å². The Labute approximate surface area is 222 Å². The first-order valence-corrected chi connectivity index (χ1v) is 13.0. The molecule has 11 heteroatoms. The summed E-state index contributed by atoms with van der Waals surface area (Å²) in [5, 5.41) is 15.0. The van der Waals surface area contributed by atoms with Crippen LogP contribution in [0.5, 0.6) is 11.5 Å². The number of amides is 1. The van der Waals surface area contributed by atoms with E-state index in [9.17, 15) is 4.79 Å². The highest BCUT2D eigenvalue weighted by atomic mass is 16.5. The number of hydrogen-bond acceptors (Lipinski definition) is 10. The summed E-state index contributed by atoms with van der Waals surface area (Å²) in [6.07, 6.45) is 0.889. The molecule has 0 radical (unpaired) electrons. The molecule has 0 atom stereocenters. The fourth-order valence-electron chi connectivity index (χ4n) is 4.71. The molecule has 2 aromatic rings. The van der Waals surface area contributed by atoms with E-state index in [1.807, 2.05) is 17.0 Å². The highest BCUT2D eigenvalue weighted by Crippen LogP contribution is 2.43. The van der Waals surface area contributed by atoms with E-state index < -0.39 is 0 Å². The number of fused-ring (bicyclic) bond motifs is 3. The van der Waals surface area contributed by atoms with Gasteiger partial charge in [0.25, 0.3) is 5.91 Å². The summed E-state index contributed by atoms with van der Waals surface area (Å²) in [6.45, 7) is 6.69. The summed E-state index contributed by atoms with van der Waals surface area (Å²) < 4.78 is 17.3. The molecule has 0 saturated carbocycles. The summed E-state index contributed by atoms with van der Waals surface area (Å²) in [7, 11) is 1.60. The Hall–Kier alpha value is -3.67. The third-order valence-electron chi connectivity index (χ3n) is 6.65. The number of guanidine groups is 1. The molecule has 11 nitrogen and oxygen atoms in total. The molecule has 1 saturated heterocycles. The van der Waals surface area contributed by atoms with E-state index in [0.717, 1.165) is 56.4 Å².